The maximum atomic E-state index is 13.0. The minimum Gasteiger partial charge on any atom is -0.497 e. The number of rotatable bonds is 8. The van der Waals surface area contributed by atoms with E-state index in [0.717, 1.165) is 57.5 Å². The van der Waals surface area contributed by atoms with Gasteiger partial charge in [-0.05, 0) is 93.6 Å². The molecule has 1 atom stereocenters. The van der Waals surface area contributed by atoms with Crippen LogP contribution in [-0.2, 0) is 16.6 Å². The fourth-order valence-electron chi connectivity index (χ4n) is 5.02. The molecule has 8 heteroatoms. The fraction of sp³-hybridized carbons (Fsp3) is 0.519. The predicted octanol–water partition coefficient (Wildman–Crippen LogP) is 3.90. The van der Waals surface area contributed by atoms with Crippen molar-refractivity contribution in [1.29, 1.82) is 0 Å². The first-order valence-corrected chi connectivity index (χ1v) is 14.1. The molecule has 0 radical (unpaired) electrons. The molecule has 2 saturated heterocycles. The van der Waals surface area contributed by atoms with Crippen molar-refractivity contribution < 1.29 is 17.9 Å². The number of amides is 1. The molecule has 1 amide bonds. The zero-order valence-electron chi connectivity index (χ0n) is 20.8. The Balaban J connectivity index is 1.24. The molecule has 0 spiro atoms. The lowest BCUT2D eigenvalue weighted by atomic mass is 9.96. The number of carbonyl (C=O) groups is 1. The fourth-order valence-corrected chi connectivity index (χ4v) is 6.72. The van der Waals surface area contributed by atoms with E-state index in [1.54, 1.807) is 35.7 Å². The summed E-state index contributed by atoms with van der Waals surface area (Å²) in [4.78, 5) is 15.4. The van der Waals surface area contributed by atoms with Crippen LogP contribution < -0.4 is 10.1 Å². The number of benzene rings is 2. The third-order valence-electron chi connectivity index (χ3n) is 7.29. The summed E-state index contributed by atoms with van der Waals surface area (Å²) < 4.78 is 32.8. The standard InChI is InChI=1S/C27H37N3O4S/c1-21-5-3-4-16-30(21)35(32,33)26-12-8-24(9-13-26)27(31)28-19-22-14-17-29(18-15-22)20-23-6-10-25(34-2)11-7-23/h6-13,21-22H,3-5,14-20H2,1-2H3,(H,28,31). The molecule has 1 N–H and O–H groups in total. The second kappa shape index (κ2) is 11.5. The molecule has 0 aromatic heterocycles. The molecule has 190 valence electrons. The van der Waals surface area contributed by atoms with Gasteiger partial charge in [-0.25, -0.2) is 8.42 Å². The van der Waals surface area contributed by atoms with E-state index >= 15 is 0 Å². The van der Waals surface area contributed by atoms with Gasteiger partial charge in [0, 0.05) is 31.2 Å². The van der Waals surface area contributed by atoms with Gasteiger partial charge in [0.2, 0.25) is 10.0 Å². The van der Waals surface area contributed by atoms with Gasteiger partial charge >= 0.3 is 0 Å². The van der Waals surface area contributed by atoms with E-state index < -0.39 is 10.0 Å². The molecular weight excluding hydrogens is 462 g/mol. The monoisotopic (exact) mass is 499 g/mol. The zero-order chi connectivity index (χ0) is 24.8. The molecule has 2 fully saturated rings. The number of nitrogens with one attached hydrogen (secondary N) is 1. The van der Waals surface area contributed by atoms with Crippen LogP contribution in [0.3, 0.4) is 0 Å². The van der Waals surface area contributed by atoms with Gasteiger partial charge in [-0.2, -0.15) is 4.31 Å². The van der Waals surface area contributed by atoms with Gasteiger partial charge in [0.05, 0.1) is 12.0 Å². The first kappa shape index (κ1) is 25.7. The van der Waals surface area contributed by atoms with E-state index in [4.69, 9.17) is 4.74 Å². The number of carbonyl (C=O) groups excluding carboxylic acids is 1. The Labute approximate surface area is 209 Å². The topological polar surface area (TPSA) is 79.0 Å². The number of ether oxygens (including phenoxy) is 1. The Hall–Kier alpha value is -2.42. The highest BCUT2D eigenvalue weighted by atomic mass is 32.2. The molecule has 1 unspecified atom stereocenters. The summed E-state index contributed by atoms with van der Waals surface area (Å²) >= 11 is 0. The number of piperidine rings is 2. The van der Waals surface area contributed by atoms with E-state index in [2.05, 4.69) is 22.3 Å². The Morgan fingerprint density at radius 1 is 0.971 bits per heavy atom. The third-order valence-corrected chi connectivity index (χ3v) is 9.32. The Morgan fingerprint density at radius 2 is 1.66 bits per heavy atom. The van der Waals surface area contributed by atoms with Crippen molar-refractivity contribution in [3.8, 4) is 5.75 Å². The van der Waals surface area contributed by atoms with E-state index in [-0.39, 0.29) is 16.8 Å². The van der Waals surface area contributed by atoms with Crippen LogP contribution >= 0.6 is 0 Å². The van der Waals surface area contributed by atoms with Gasteiger partial charge in [0.1, 0.15) is 5.75 Å². The van der Waals surface area contributed by atoms with Crippen LogP contribution in [0.25, 0.3) is 0 Å². The SMILES string of the molecule is COc1ccc(CN2CCC(CNC(=O)c3ccc(S(=O)(=O)N4CCCCC4C)cc3)CC2)cc1. The predicted molar refractivity (Wildman–Crippen MR) is 137 cm³/mol. The summed E-state index contributed by atoms with van der Waals surface area (Å²) in [7, 11) is -1.85. The number of hydrogen-bond acceptors (Lipinski definition) is 5. The van der Waals surface area contributed by atoms with Crippen molar-refractivity contribution in [1.82, 2.24) is 14.5 Å². The number of nitrogens with zero attached hydrogens (tertiary/aromatic N) is 2. The van der Waals surface area contributed by atoms with Crippen molar-refractivity contribution in [3.63, 3.8) is 0 Å². The zero-order valence-corrected chi connectivity index (χ0v) is 21.6. The van der Waals surface area contributed by atoms with Crippen molar-refractivity contribution in [3.05, 3.63) is 59.7 Å². The Kier molecular flexibility index (Phi) is 8.46. The molecule has 2 heterocycles. The summed E-state index contributed by atoms with van der Waals surface area (Å²) in [5, 5.41) is 3.04. The van der Waals surface area contributed by atoms with E-state index in [0.29, 0.717) is 24.6 Å². The van der Waals surface area contributed by atoms with Gasteiger partial charge in [0.15, 0.2) is 0 Å². The molecule has 0 aliphatic carbocycles. The van der Waals surface area contributed by atoms with E-state index in [1.807, 2.05) is 19.1 Å². The molecule has 2 aliphatic rings. The minimum atomic E-state index is -3.52. The molecule has 35 heavy (non-hydrogen) atoms. The lowest BCUT2D eigenvalue weighted by Crippen LogP contribution is -2.41. The maximum Gasteiger partial charge on any atom is 0.251 e. The number of methoxy groups -OCH3 is 1. The van der Waals surface area contributed by atoms with Crippen molar-refractivity contribution in [2.75, 3.05) is 33.3 Å². The third kappa shape index (κ3) is 6.42. The molecule has 0 bridgehead atoms. The summed E-state index contributed by atoms with van der Waals surface area (Å²) in [6.07, 6.45) is 4.93. The molecule has 4 rings (SSSR count). The lowest BCUT2D eigenvalue weighted by Gasteiger charge is -2.32. The Morgan fingerprint density at radius 3 is 2.29 bits per heavy atom. The van der Waals surface area contributed by atoms with Crippen LogP contribution in [0, 0.1) is 5.92 Å². The average molecular weight is 500 g/mol. The number of hydrogen-bond donors (Lipinski definition) is 1. The Bertz CT molecular complexity index is 1080. The second-order valence-corrected chi connectivity index (χ2v) is 11.7. The number of likely N-dealkylation sites (tertiary alicyclic amines) is 1. The van der Waals surface area contributed by atoms with Crippen molar-refractivity contribution in [2.24, 2.45) is 5.92 Å². The average Bonchev–Trinajstić information content (AvgIpc) is 2.89. The quantitative estimate of drug-likeness (QED) is 0.596. The first-order valence-electron chi connectivity index (χ1n) is 12.6. The van der Waals surface area contributed by atoms with E-state index in [1.165, 1.54) is 5.56 Å². The van der Waals surface area contributed by atoms with Gasteiger partial charge in [-0.15, -0.1) is 0 Å². The maximum absolute atomic E-state index is 13.0. The van der Waals surface area contributed by atoms with Crippen LogP contribution in [0.5, 0.6) is 5.75 Å². The molecule has 0 saturated carbocycles. The van der Waals surface area contributed by atoms with Crippen LogP contribution in [0.15, 0.2) is 53.4 Å². The van der Waals surface area contributed by atoms with E-state index in [9.17, 15) is 13.2 Å². The lowest BCUT2D eigenvalue weighted by molar-refractivity contribution is 0.0935. The molecule has 2 aromatic carbocycles. The van der Waals surface area contributed by atoms with Gasteiger partial charge in [0.25, 0.3) is 5.91 Å². The highest BCUT2D eigenvalue weighted by Crippen LogP contribution is 2.25. The normalized spacial score (nSPS) is 20.5. The van der Waals surface area contributed by atoms with Gasteiger partial charge in [-0.1, -0.05) is 18.6 Å². The molecule has 2 aromatic rings. The molecule has 7 nitrogen and oxygen atoms in total. The van der Waals surface area contributed by atoms with Crippen LogP contribution in [0.4, 0.5) is 0 Å². The van der Waals surface area contributed by atoms with Gasteiger partial charge < -0.3 is 10.1 Å². The molecular formula is C27H37N3O4S. The summed E-state index contributed by atoms with van der Waals surface area (Å²) in [6.45, 7) is 6.10. The first-order chi connectivity index (χ1) is 16.9. The largest absolute Gasteiger partial charge is 0.497 e. The molecule has 2 aliphatic heterocycles. The van der Waals surface area contributed by atoms with Crippen molar-refractivity contribution in [2.45, 2.75) is 56.5 Å². The van der Waals surface area contributed by atoms with Crippen LogP contribution in [0.1, 0.15) is 54.9 Å². The van der Waals surface area contributed by atoms with Crippen molar-refractivity contribution >= 4 is 15.9 Å². The highest BCUT2D eigenvalue weighted by molar-refractivity contribution is 7.89. The minimum absolute atomic E-state index is 0.0133. The summed E-state index contributed by atoms with van der Waals surface area (Å²) in [5.41, 5.74) is 1.77. The highest BCUT2D eigenvalue weighted by Gasteiger charge is 2.31. The smallest absolute Gasteiger partial charge is 0.251 e. The summed E-state index contributed by atoms with van der Waals surface area (Å²) in [5.74, 6) is 1.17. The van der Waals surface area contributed by atoms with Gasteiger partial charge in [-0.3, -0.25) is 9.69 Å². The summed E-state index contributed by atoms with van der Waals surface area (Å²) in [6, 6.07) is 14.6. The second-order valence-electron chi connectivity index (χ2n) is 9.76. The number of sulfonamides is 1. The van der Waals surface area contributed by atoms with Crippen LogP contribution in [-0.4, -0.2) is 62.9 Å². The van der Waals surface area contributed by atoms with Crippen LogP contribution in [0.2, 0.25) is 0 Å².